The topological polar surface area (TPSA) is 64.1 Å². The summed E-state index contributed by atoms with van der Waals surface area (Å²) >= 11 is 2.99. The smallest absolute Gasteiger partial charge is 0.257 e. The predicted molar refractivity (Wildman–Crippen MR) is 114 cm³/mol. The van der Waals surface area contributed by atoms with Gasteiger partial charge in [-0.25, -0.2) is 0 Å². The maximum Gasteiger partial charge on any atom is 0.257 e. The molecule has 0 fully saturated rings. The molecule has 1 amide bonds. The molecule has 0 radical (unpaired) electrons. The van der Waals surface area contributed by atoms with Gasteiger partial charge in [-0.1, -0.05) is 65.6 Å². The highest BCUT2D eigenvalue weighted by Gasteiger charge is 2.11. The van der Waals surface area contributed by atoms with Crippen LogP contribution in [-0.4, -0.2) is 23.2 Å². The number of amides is 1. The van der Waals surface area contributed by atoms with Gasteiger partial charge in [-0.15, -0.1) is 10.2 Å². The second kappa shape index (κ2) is 8.41. The molecule has 7 heteroatoms. The van der Waals surface area contributed by atoms with E-state index in [0.717, 1.165) is 10.1 Å². The van der Waals surface area contributed by atoms with E-state index in [1.54, 1.807) is 43.1 Å². The van der Waals surface area contributed by atoms with Gasteiger partial charge in [0.15, 0.2) is 4.34 Å². The molecule has 0 aliphatic rings. The second-order valence-corrected chi connectivity index (χ2v) is 8.18. The summed E-state index contributed by atoms with van der Waals surface area (Å²) in [6, 6.07) is 21.6. The van der Waals surface area contributed by atoms with E-state index in [1.807, 2.05) is 12.1 Å². The average molecular weight is 408 g/mol. The molecule has 4 rings (SSSR count). The van der Waals surface area contributed by atoms with Crippen LogP contribution in [0.4, 0.5) is 5.13 Å². The highest BCUT2D eigenvalue weighted by atomic mass is 32.2. The highest BCUT2D eigenvalue weighted by Crippen LogP contribution is 2.31. The lowest BCUT2D eigenvalue weighted by Crippen LogP contribution is -2.11. The first-order chi connectivity index (χ1) is 13.7. The zero-order valence-electron chi connectivity index (χ0n) is 15.1. The van der Waals surface area contributed by atoms with Gasteiger partial charge in [0, 0.05) is 11.3 Å². The number of nitrogens with one attached hydrogen (secondary N) is 1. The maximum absolute atomic E-state index is 12.3. The lowest BCUT2D eigenvalue weighted by Gasteiger charge is -2.04. The minimum absolute atomic E-state index is 0.218. The number of methoxy groups -OCH3 is 1. The number of thioether (sulfide) groups is 1. The van der Waals surface area contributed by atoms with E-state index >= 15 is 0 Å². The van der Waals surface area contributed by atoms with Crippen LogP contribution in [0.2, 0.25) is 0 Å². The molecule has 0 spiro atoms. The summed E-state index contributed by atoms with van der Waals surface area (Å²) in [5.74, 6) is 1.28. The highest BCUT2D eigenvalue weighted by molar-refractivity contribution is 8.00. The molecule has 140 valence electrons. The molecular weight excluding hydrogens is 390 g/mol. The zero-order valence-corrected chi connectivity index (χ0v) is 16.7. The van der Waals surface area contributed by atoms with Crippen LogP contribution in [0.25, 0.3) is 10.8 Å². The summed E-state index contributed by atoms with van der Waals surface area (Å²) in [5, 5.41) is 14.0. The van der Waals surface area contributed by atoms with E-state index in [1.165, 1.54) is 27.7 Å². The normalized spacial score (nSPS) is 10.8. The Balaban J connectivity index is 1.40. The third kappa shape index (κ3) is 4.16. The van der Waals surface area contributed by atoms with Crippen LogP contribution < -0.4 is 10.1 Å². The summed E-state index contributed by atoms with van der Waals surface area (Å²) in [5.41, 5.74) is 1.79. The average Bonchev–Trinajstić information content (AvgIpc) is 3.19. The molecule has 5 nitrogen and oxygen atoms in total. The molecule has 0 saturated carbocycles. The number of rotatable bonds is 6. The van der Waals surface area contributed by atoms with Gasteiger partial charge in [-0.3, -0.25) is 10.1 Å². The number of aromatic nitrogens is 2. The monoisotopic (exact) mass is 407 g/mol. The Morgan fingerprint density at radius 3 is 2.64 bits per heavy atom. The minimum Gasteiger partial charge on any atom is -0.497 e. The number of ether oxygens (including phenoxy) is 1. The van der Waals surface area contributed by atoms with Crippen molar-refractivity contribution >= 4 is 44.9 Å². The lowest BCUT2D eigenvalue weighted by molar-refractivity contribution is 0.102. The number of carbonyl (C=O) groups excluding carboxylic acids is 1. The summed E-state index contributed by atoms with van der Waals surface area (Å²) in [7, 11) is 1.59. The fourth-order valence-electron chi connectivity index (χ4n) is 2.79. The van der Waals surface area contributed by atoms with E-state index in [0.29, 0.717) is 16.4 Å². The molecule has 0 atom stereocenters. The first kappa shape index (κ1) is 18.5. The lowest BCUT2D eigenvalue weighted by atomic mass is 10.1. The first-order valence-corrected chi connectivity index (χ1v) is 10.4. The van der Waals surface area contributed by atoms with Crippen molar-refractivity contribution in [1.82, 2.24) is 10.2 Å². The van der Waals surface area contributed by atoms with Crippen molar-refractivity contribution in [1.29, 1.82) is 0 Å². The third-order valence-corrected chi connectivity index (χ3v) is 6.23. The fraction of sp³-hybridized carbons (Fsp3) is 0.0952. The van der Waals surface area contributed by atoms with Crippen LogP contribution >= 0.6 is 23.1 Å². The molecule has 0 aliphatic heterocycles. The SMILES string of the molecule is COc1ccc(C(=O)Nc2nnc(SCc3cccc4ccccc34)s2)cc1. The molecule has 0 bridgehead atoms. The molecule has 4 aromatic rings. The Bertz CT molecular complexity index is 1100. The van der Waals surface area contributed by atoms with Crippen LogP contribution in [0.3, 0.4) is 0 Å². The second-order valence-electron chi connectivity index (χ2n) is 5.98. The molecule has 3 aromatic carbocycles. The van der Waals surface area contributed by atoms with Crippen LogP contribution in [0.1, 0.15) is 15.9 Å². The molecule has 0 saturated heterocycles. The van der Waals surface area contributed by atoms with Crippen molar-refractivity contribution < 1.29 is 9.53 Å². The Hall–Kier alpha value is -2.90. The largest absolute Gasteiger partial charge is 0.497 e. The van der Waals surface area contributed by atoms with E-state index in [9.17, 15) is 4.79 Å². The van der Waals surface area contributed by atoms with Crippen molar-refractivity contribution in [3.63, 3.8) is 0 Å². The van der Waals surface area contributed by atoms with Crippen molar-refractivity contribution in [3.8, 4) is 5.75 Å². The standard InChI is InChI=1S/C21H17N3O2S2/c1-26-17-11-9-15(10-12-17)19(25)22-20-23-24-21(28-20)27-13-16-7-4-6-14-5-2-3-8-18(14)16/h2-12H,13H2,1H3,(H,22,23,25). The molecular formula is C21H17N3O2S2. The molecule has 1 aromatic heterocycles. The van der Waals surface area contributed by atoms with Crippen LogP contribution in [0.15, 0.2) is 71.1 Å². The number of hydrogen-bond donors (Lipinski definition) is 1. The Kier molecular flexibility index (Phi) is 5.55. The number of benzene rings is 3. The van der Waals surface area contributed by atoms with Gasteiger partial charge in [0.2, 0.25) is 5.13 Å². The van der Waals surface area contributed by atoms with Crippen molar-refractivity contribution in [2.24, 2.45) is 0 Å². The van der Waals surface area contributed by atoms with Gasteiger partial charge in [0.05, 0.1) is 7.11 Å². The van der Waals surface area contributed by atoms with Gasteiger partial charge >= 0.3 is 0 Å². The van der Waals surface area contributed by atoms with E-state index in [4.69, 9.17) is 4.74 Å². The number of hydrogen-bond acceptors (Lipinski definition) is 6. The fourth-order valence-corrected chi connectivity index (χ4v) is 4.54. The number of nitrogens with zero attached hydrogens (tertiary/aromatic N) is 2. The van der Waals surface area contributed by atoms with Crippen molar-refractivity contribution in [3.05, 3.63) is 77.9 Å². The molecule has 1 N–H and O–H groups in total. The van der Waals surface area contributed by atoms with E-state index in [-0.39, 0.29) is 5.91 Å². The van der Waals surface area contributed by atoms with E-state index in [2.05, 4.69) is 45.8 Å². The Morgan fingerprint density at radius 2 is 1.82 bits per heavy atom. The number of fused-ring (bicyclic) bond motifs is 1. The summed E-state index contributed by atoms with van der Waals surface area (Å²) in [6.07, 6.45) is 0. The van der Waals surface area contributed by atoms with Gasteiger partial charge in [0.25, 0.3) is 5.91 Å². The van der Waals surface area contributed by atoms with Crippen LogP contribution in [-0.2, 0) is 5.75 Å². The minimum atomic E-state index is -0.218. The molecule has 1 heterocycles. The van der Waals surface area contributed by atoms with Gasteiger partial charge in [0.1, 0.15) is 5.75 Å². The molecule has 0 aliphatic carbocycles. The quantitative estimate of drug-likeness (QED) is 0.350. The zero-order chi connectivity index (χ0) is 19.3. The summed E-state index contributed by atoms with van der Waals surface area (Å²) in [4.78, 5) is 12.3. The number of anilines is 1. The van der Waals surface area contributed by atoms with Crippen molar-refractivity contribution in [2.75, 3.05) is 12.4 Å². The Morgan fingerprint density at radius 1 is 1.04 bits per heavy atom. The number of carbonyl (C=O) groups is 1. The third-order valence-electron chi connectivity index (χ3n) is 4.21. The van der Waals surface area contributed by atoms with E-state index < -0.39 is 0 Å². The molecule has 28 heavy (non-hydrogen) atoms. The maximum atomic E-state index is 12.3. The summed E-state index contributed by atoms with van der Waals surface area (Å²) < 4.78 is 5.92. The van der Waals surface area contributed by atoms with Crippen LogP contribution in [0.5, 0.6) is 5.75 Å². The summed E-state index contributed by atoms with van der Waals surface area (Å²) in [6.45, 7) is 0. The van der Waals surface area contributed by atoms with Crippen molar-refractivity contribution in [2.45, 2.75) is 10.1 Å². The van der Waals surface area contributed by atoms with Gasteiger partial charge < -0.3 is 4.74 Å². The first-order valence-electron chi connectivity index (χ1n) is 8.61. The molecule has 0 unspecified atom stereocenters. The van der Waals surface area contributed by atoms with Crippen LogP contribution in [0, 0.1) is 0 Å². The van der Waals surface area contributed by atoms with Gasteiger partial charge in [-0.2, -0.15) is 0 Å². The predicted octanol–water partition coefficient (Wildman–Crippen LogP) is 5.24. The van der Waals surface area contributed by atoms with Gasteiger partial charge in [-0.05, 0) is 40.6 Å². The Labute approximate surface area is 170 Å².